The van der Waals surface area contributed by atoms with Crippen LogP contribution in [0.4, 0.5) is 0 Å². The molecule has 2 bridgehead atoms. The molecule has 0 spiro atoms. The number of benzene rings is 2. The van der Waals surface area contributed by atoms with Crippen molar-refractivity contribution in [1.29, 1.82) is 0 Å². The van der Waals surface area contributed by atoms with Gasteiger partial charge in [-0.3, -0.25) is 4.74 Å². The van der Waals surface area contributed by atoms with Crippen molar-refractivity contribution in [2.75, 3.05) is 0 Å². The second-order valence-electron chi connectivity index (χ2n) is 8.61. The minimum atomic E-state index is -0.384. The van der Waals surface area contributed by atoms with E-state index in [4.69, 9.17) is 14.2 Å². The summed E-state index contributed by atoms with van der Waals surface area (Å²) in [4.78, 5) is 0. The van der Waals surface area contributed by atoms with E-state index < -0.39 is 0 Å². The summed E-state index contributed by atoms with van der Waals surface area (Å²) in [5.41, 5.74) is 7.11. The zero-order valence-corrected chi connectivity index (χ0v) is 20.3. The zero-order chi connectivity index (χ0) is 22.4. The molecule has 2 heterocycles. The van der Waals surface area contributed by atoms with Gasteiger partial charge in [-0.15, -0.1) is 0 Å². The fraction of sp³-hybridized carbons (Fsp3) is 0.571. The summed E-state index contributed by atoms with van der Waals surface area (Å²) in [6.07, 6.45) is 8.84. The van der Waals surface area contributed by atoms with Gasteiger partial charge >= 0.3 is 0 Å². The smallest absolute Gasteiger partial charge is 0.233 e. The molecule has 0 fully saturated rings. The van der Waals surface area contributed by atoms with Gasteiger partial charge in [0.05, 0.1) is 11.1 Å². The van der Waals surface area contributed by atoms with Crippen LogP contribution in [0.5, 0.6) is 11.5 Å². The van der Waals surface area contributed by atoms with E-state index in [-0.39, 0.29) is 12.6 Å². The Hall–Kier alpha value is -2.00. The molecule has 0 radical (unpaired) electrons. The molecule has 2 aromatic carbocycles. The van der Waals surface area contributed by atoms with Crippen LogP contribution >= 0.6 is 0 Å². The van der Waals surface area contributed by atoms with Crippen LogP contribution in [0.25, 0.3) is 0 Å². The summed E-state index contributed by atoms with van der Waals surface area (Å²) < 4.78 is 19.0. The van der Waals surface area contributed by atoms with E-state index >= 15 is 0 Å². The average Bonchev–Trinajstić information content (AvgIpc) is 2.77. The zero-order valence-electron chi connectivity index (χ0n) is 20.3. The molecule has 0 N–H and O–H groups in total. The van der Waals surface area contributed by atoms with Gasteiger partial charge in [0.2, 0.25) is 12.6 Å². The van der Waals surface area contributed by atoms with Crippen molar-refractivity contribution in [3.05, 3.63) is 57.6 Å². The van der Waals surface area contributed by atoms with E-state index in [2.05, 4.69) is 52.0 Å². The van der Waals surface area contributed by atoms with Crippen molar-refractivity contribution in [1.82, 2.24) is 0 Å². The molecule has 0 aliphatic carbocycles. The maximum Gasteiger partial charge on any atom is 0.233 e. The van der Waals surface area contributed by atoms with E-state index in [0.717, 1.165) is 35.5 Å². The lowest BCUT2D eigenvalue weighted by Gasteiger charge is -2.39. The van der Waals surface area contributed by atoms with E-state index in [0.29, 0.717) is 0 Å². The van der Waals surface area contributed by atoms with Crippen LogP contribution in [-0.2, 0) is 17.6 Å². The Morgan fingerprint density at radius 2 is 1.06 bits per heavy atom. The third-order valence-electron chi connectivity index (χ3n) is 6.07. The lowest BCUT2D eigenvalue weighted by molar-refractivity contribution is -0.228. The Labute approximate surface area is 189 Å². The van der Waals surface area contributed by atoms with E-state index in [1.54, 1.807) is 0 Å². The fourth-order valence-corrected chi connectivity index (χ4v) is 4.53. The molecular weight excluding hydrogens is 384 g/mol. The molecule has 4 rings (SSSR count). The first-order valence-corrected chi connectivity index (χ1v) is 12.4. The predicted molar refractivity (Wildman–Crippen MR) is 128 cm³/mol. The Bertz CT molecular complexity index is 800. The number of hydrogen-bond donors (Lipinski definition) is 0. The molecule has 0 amide bonds. The van der Waals surface area contributed by atoms with Crippen molar-refractivity contribution in [3.8, 4) is 11.5 Å². The number of hydrogen-bond acceptors (Lipinski definition) is 3. The van der Waals surface area contributed by atoms with Crippen LogP contribution in [0.3, 0.4) is 0 Å². The molecule has 2 aromatic rings. The summed E-state index contributed by atoms with van der Waals surface area (Å²) in [5.74, 6) is 1.87. The minimum Gasteiger partial charge on any atom is -0.459 e. The molecule has 0 saturated carbocycles. The number of rotatable bonds is 8. The van der Waals surface area contributed by atoms with Gasteiger partial charge in [-0.1, -0.05) is 65.5 Å². The van der Waals surface area contributed by atoms with Gasteiger partial charge in [-0.05, 0) is 73.9 Å². The van der Waals surface area contributed by atoms with Crippen LogP contribution in [0.15, 0.2) is 24.3 Å². The normalized spacial score (nSPS) is 18.1. The third kappa shape index (κ3) is 5.26. The molecule has 170 valence electrons. The molecule has 2 aliphatic heterocycles. The van der Waals surface area contributed by atoms with E-state index in [1.807, 2.05) is 13.8 Å². The molecule has 2 aliphatic rings. The molecule has 3 nitrogen and oxygen atoms in total. The van der Waals surface area contributed by atoms with Crippen LogP contribution in [0.2, 0.25) is 0 Å². The van der Waals surface area contributed by atoms with Crippen molar-refractivity contribution < 1.29 is 14.2 Å². The van der Waals surface area contributed by atoms with Crippen molar-refractivity contribution in [3.63, 3.8) is 0 Å². The Morgan fingerprint density at radius 1 is 0.645 bits per heavy atom. The highest BCUT2D eigenvalue weighted by molar-refractivity contribution is 5.51. The molecule has 2 atom stereocenters. The number of fused-ring (bicyclic) bond motifs is 6. The first-order chi connectivity index (χ1) is 15.1. The first-order valence-electron chi connectivity index (χ1n) is 12.4. The quantitative estimate of drug-likeness (QED) is 0.399. The molecule has 3 heteroatoms. The van der Waals surface area contributed by atoms with Crippen LogP contribution in [0.1, 0.15) is 112 Å². The Morgan fingerprint density at radius 3 is 1.45 bits per heavy atom. The topological polar surface area (TPSA) is 27.7 Å². The second kappa shape index (κ2) is 11.0. The Kier molecular flexibility index (Phi) is 8.43. The molecule has 31 heavy (non-hydrogen) atoms. The lowest BCUT2D eigenvalue weighted by atomic mass is 9.96. The number of aryl methyl sites for hydroxylation is 4. The Balaban J connectivity index is 0.00000132. The van der Waals surface area contributed by atoms with Crippen molar-refractivity contribution in [2.24, 2.45) is 0 Å². The number of ether oxygens (including phenoxy) is 3. The van der Waals surface area contributed by atoms with Crippen LogP contribution in [-0.4, -0.2) is 0 Å². The number of unbranched alkanes of at least 4 members (excludes halogenated alkanes) is 4. The van der Waals surface area contributed by atoms with Gasteiger partial charge in [-0.2, -0.15) is 0 Å². The summed E-state index contributed by atoms with van der Waals surface area (Å²) in [5, 5.41) is 0. The maximum atomic E-state index is 6.37. The van der Waals surface area contributed by atoms with E-state index in [1.165, 1.54) is 60.8 Å². The van der Waals surface area contributed by atoms with Gasteiger partial charge in [0.1, 0.15) is 11.5 Å². The second-order valence-corrected chi connectivity index (χ2v) is 8.61. The van der Waals surface area contributed by atoms with Gasteiger partial charge < -0.3 is 9.47 Å². The highest BCUT2D eigenvalue weighted by atomic mass is 16.8. The molecule has 2 unspecified atom stereocenters. The monoisotopic (exact) mass is 424 g/mol. The van der Waals surface area contributed by atoms with Crippen LogP contribution in [0, 0.1) is 13.8 Å². The van der Waals surface area contributed by atoms with Crippen molar-refractivity contribution >= 4 is 0 Å². The molecule has 0 saturated heterocycles. The van der Waals surface area contributed by atoms with Gasteiger partial charge in [0.15, 0.2) is 0 Å². The van der Waals surface area contributed by atoms with Gasteiger partial charge in [0.25, 0.3) is 0 Å². The van der Waals surface area contributed by atoms with Gasteiger partial charge in [0, 0.05) is 0 Å². The summed E-state index contributed by atoms with van der Waals surface area (Å²) >= 11 is 0. The standard InChI is InChI=1S/C26H34O3.C2H6/c1-5-7-9-11-19-13-17(3)23-21(15-19)25-28-24-18(4)14-20(12-10-8-6-2)16-22(24)26(27-23)29-25;1-2/h13-16,25-26H,5-12H2,1-4H3;1-2H3. The van der Waals surface area contributed by atoms with Gasteiger partial charge in [-0.25, -0.2) is 0 Å². The summed E-state index contributed by atoms with van der Waals surface area (Å²) in [6.45, 7) is 12.8. The maximum absolute atomic E-state index is 6.37. The van der Waals surface area contributed by atoms with E-state index in [9.17, 15) is 0 Å². The highest BCUT2D eigenvalue weighted by Gasteiger charge is 2.39. The minimum absolute atomic E-state index is 0.384. The average molecular weight is 425 g/mol. The first kappa shape index (κ1) is 23.7. The predicted octanol–water partition coefficient (Wildman–Crippen LogP) is 8.29. The molecular formula is C28H40O3. The summed E-state index contributed by atoms with van der Waals surface area (Å²) in [7, 11) is 0. The SMILES string of the molecule is CC.CCCCCc1cc(C)c2c(c1)C1Oc3c(C)cc(CCCCC)cc3C(O2)O1. The fourth-order valence-electron chi connectivity index (χ4n) is 4.53. The van der Waals surface area contributed by atoms with Crippen molar-refractivity contribution in [2.45, 2.75) is 105 Å². The summed E-state index contributed by atoms with van der Waals surface area (Å²) in [6, 6.07) is 8.97. The largest absolute Gasteiger partial charge is 0.459 e. The van der Waals surface area contributed by atoms with Crippen LogP contribution < -0.4 is 9.47 Å². The highest BCUT2D eigenvalue weighted by Crippen LogP contribution is 2.50. The lowest BCUT2D eigenvalue weighted by Crippen LogP contribution is -2.31. The molecule has 0 aromatic heterocycles. The third-order valence-corrected chi connectivity index (χ3v) is 6.07.